The van der Waals surface area contributed by atoms with E-state index >= 15 is 0 Å². The van der Waals surface area contributed by atoms with Crippen molar-refractivity contribution in [1.82, 2.24) is 9.88 Å². The number of piperidine rings is 1. The fraction of sp³-hybridized carbons (Fsp3) is 0.419. The van der Waals surface area contributed by atoms with Gasteiger partial charge in [-0.3, -0.25) is 14.7 Å². The number of carboxylic acids is 1. The van der Waals surface area contributed by atoms with Gasteiger partial charge >= 0.3 is 12.1 Å². The molecule has 1 aromatic heterocycles. The summed E-state index contributed by atoms with van der Waals surface area (Å²) >= 11 is 0. The van der Waals surface area contributed by atoms with E-state index in [1.54, 1.807) is 18.3 Å². The average Bonchev–Trinajstić information content (AvgIpc) is 2.89. The lowest BCUT2D eigenvalue weighted by molar-refractivity contribution is -0.139. The fourth-order valence-electron chi connectivity index (χ4n) is 5.51. The standard InChI is InChI=1S/C31H35F3N2O2/c1-21(2)6-15-28(24-9-7-23(8-10-24)27-5-3-4-17-35-27)36-18-16-22(20-30(37)38)19-29(36)25-11-13-26(14-12-25)31(32,33)34/h3-5,7-14,17,21-22,28-29H,6,15-16,18-20H2,1-2H3,(H,37,38)/t22-,28-,29+/m0/s1. The Kier molecular flexibility index (Phi) is 8.87. The zero-order chi connectivity index (χ0) is 27.3. The van der Waals surface area contributed by atoms with Gasteiger partial charge in [-0.1, -0.05) is 56.3 Å². The van der Waals surface area contributed by atoms with E-state index in [9.17, 15) is 23.1 Å². The van der Waals surface area contributed by atoms with Crippen molar-refractivity contribution in [2.45, 2.75) is 64.2 Å². The number of hydrogen-bond donors (Lipinski definition) is 1. The smallest absolute Gasteiger partial charge is 0.416 e. The van der Waals surface area contributed by atoms with Crippen molar-refractivity contribution in [2.24, 2.45) is 11.8 Å². The second kappa shape index (κ2) is 12.1. The number of nitrogens with zero attached hydrogens (tertiary/aromatic N) is 2. The van der Waals surface area contributed by atoms with Crippen LogP contribution in [0.3, 0.4) is 0 Å². The Labute approximate surface area is 222 Å². The first-order valence-corrected chi connectivity index (χ1v) is 13.3. The van der Waals surface area contributed by atoms with Crippen molar-refractivity contribution in [3.8, 4) is 11.3 Å². The van der Waals surface area contributed by atoms with Crippen LogP contribution in [0.4, 0.5) is 13.2 Å². The zero-order valence-electron chi connectivity index (χ0n) is 21.9. The van der Waals surface area contributed by atoms with Gasteiger partial charge in [0, 0.05) is 30.3 Å². The van der Waals surface area contributed by atoms with E-state index in [0.717, 1.165) is 53.8 Å². The van der Waals surface area contributed by atoms with Gasteiger partial charge < -0.3 is 5.11 Å². The predicted molar refractivity (Wildman–Crippen MR) is 142 cm³/mol. The quantitative estimate of drug-likeness (QED) is 0.307. The molecule has 3 atom stereocenters. The molecule has 0 bridgehead atoms. The number of halogens is 3. The summed E-state index contributed by atoms with van der Waals surface area (Å²) in [5, 5.41) is 9.42. The molecule has 0 radical (unpaired) electrons. The Bertz CT molecular complexity index is 1180. The molecule has 0 spiro atoms. The number of carbonyl (C=O) groups is 1. The van der Waals surface area contributed by atoms with Crippen LogP contribution in [0.15, 0.2) is 72.9 Å². The van der Waals surface area contributed by atoms with Gasteiger partial charge in [0.2, 0.25) is 0 Å². The highest BCUT2D eigenvalue weighted by atomic mass is 19.4. The van der Waals surface area contributed by atoms with Crippen LogP contribution in [0.2, 0.25) is 0 Å². The van der Waals surface area contributed by atoms with Crippen LogP contribution in [-0.2, 0) is 11.0 Å². The van der Waals surface area contributed by atoms with E-state index in [2.05, 4.69) is 48.0 Å². The number of likely N-dealkylation sites (tertiary alicyclic amines) is 1. The summed E-state index contributed by atoms with van der Waals surface area (Å²) < 4.78 is 39.7. The highest BCUT2D eigenvalue weighted by molar-refractivity contribution is 5.67. The molecular formula is C31H35F3N2O2. The van der Waals surface area contributed by atoms with E-state index < -0.39 is 17.7 Å². The van der Waals surface area contributed by atoms with Crippen molar-refractivity contribution in [1.29, 1.82) is 0 Å². The molecule has 38 heavy (non-hydrogen) atoms. The normalized spacial score (nSPS) is 19.4. The Morgan fingerprint density at radius 1 is 1.03 bits per heavy atom. The van der Waals surface area contributed by atoms with Crippen molar-refractivity contribution in [3.63, 3.8) is 0 Å². The summed E-state index contributed by atoms with van der Waals surface area (Å²) in [6.45, 7) is 5.07. The first-order chi connectivity index (χ1) is 18.1. The van der Waals surface area contributed by atoms with Gasteiger partial charge in [-0.25, -0.2) is 0 Å². The molecule has 0 amide bonds. The Hall–Kier alpha value is -3.19. The third-order valence-electron chi connectivity index (χ3n) is 7.51. The lowest BCUT2D eigenvalue weighted by Crippen LogP contribution is -2.40. The van der Waals surface area contributed by atoms with Gasteiger partial charge in [-0.05, 0) is 79.5 Å². The molecule has 2 heterocycles. The van der Waals surface area contributed by atoms with Gasteiger partial charge in [-0.15, -0.1) is 0 Å². The van der Waals surface area contributed by atoms with Crippen molar-refractivity contribution >= 4 is 5.97 Å². The third-order valence-corrected chi connectivity index (χ3v) is 7.51. The molecule has 0 unspecified atom stereocenters. The summed E-state index contributed by atoms with van der Waals surface area (Å²) in [7, 11) is 0. The topological polar surface area (TPSA) is 53.4 Å². The highest BCUT2D eigenvalue weighted by Crippen LogP contribution is 2.43. The minimum absolute atomic E-state index is 0.0201. The second-order valence-electron chi connectivity index (χ2n) is 10.7. The van der Waals surface area contributed by atoms with Crippen LogP contribution < -0.4 is 0 Å². The predicted octanol–water partition coefficient (Wildman–Crippen LogP) is 8.17. The summed E-state index contributed by atoms with van der Waals surface area (Å²) in [4.78, 5) is 18.3. The fourth-order valence-corrected chi connectivity index (χ4v) is 5.51. The summed E-state index contributed by atoms with van der Waals surface area (Å²) in [5.74, 6) is -0.358. The molecule has 3 aromatic rings. The second-order valence-corrected chi connectivity index (χ2v) is 10.7. The van der Waals surface area contributed by atoms with Gasteiger partial charge in [0.25, 0.3) is 0 Å². The molecule has 1 aliphatic heterocycles. The first kappa shape index (κ1) is 27.8. The van der Waals surface area contributed by atoms with Crippen molar-refractivity contribution in [3.05, 3.63) is 89.6 Å². The largest absolute Gasteiger partial charge is 0.481 e. The summed E-state index contributed by atoms with van der Waals surface area (Å²) in [6.07, 6.45) is 0.690. The van der Waals surface area contributed by atoms with Crippen LogP contribution in [0.1, 0.15) is 74.7 Å². The van der Waals surface area contributed by atoms with Gasteiger partial charge in [0.1, 0.15) is 0 Å². The van der Waals surface area contributed by atoms with Crippen molar-refractivity contribution < 1.29 is 23.1 Å². The summed E-state index contributed by atoms with van der Waals surface area (Å²) in [6, 6.07) is 19.5. The number of benzene rings is 2. The van der Waals surface area contributed by atoms with E-state index in [0.29, 0.717) is 18.9 Å². The monoisotopic (exact) mass is 524 g/mol. The van der Waals surface area contributed by atoms with Crippen LogP contribution in [0.5, 0.6) is 0 Å². The molecule has 4 rings (SSSR count). The lowest BCUT2D eigenvalue weighted by atomic mass is 9.82. The Morgan fingerprint density at radius 2 is 1.74 bits per heavy atom. The summed E-state index contributed by atoms with van der Waals surface area (Å²) in [5.41, 5.74) is 3.20. The van der Waals surface area contributed by atoms with Crippen LogP contribution in [-0.4, -0.2) is 27.5 Å². The SMILES string of the molecule is CC(C)CC[C@@H](c1ccc(-c2ccccn2)cc1)N1CC[C@H](CC(=O)O)C[C@@H]1c1ccc(C(F)(F)F)cc1. The van der Waals surface area contributed by atoms with E-state index in [1.807, 2.05) is 18.2 Å². The minimum atomic E-state index is -4.40. The molecular weight excluding hydrogens is 489 g/mol. The Morgan fingerprint density at radius 3 is 2.32 bits per heavy atom. The molecule has 202 valence electrons. The molecule has 2 aromatic carbocycles. The number of aromatic nitrogens is 1. The number of aliphatic carboxylic acids is 1. The maximum absolute atomic E-state index is 13.2. The minimum Gasteiger partial charge on any atom is -0.481 e. The molecule has 7 heteroatoms. The molecule has 0 aliphatic carbocycles. The van der Waals surface area contributed by atoms with Gasteiger partial charge in [0.15, 0.2) is 0 Å². The highest BCUT2D eigenvalue weighted by Gasteiger charge is 2.36. The molecule has 1 aliphatic rings. The molecule has 0 saturated carbocycles. The van der Waals surface area contributed by atoms with E-state index in [-0.39, 0.29) is 24.4 Å². The molecule has 1 fully saturated rings. The van der Waals surface area contributed by atoms with Crippen LogP contribution in [0, 0.1) is 11.8 Å². The molecule has 1 saturated heterocycles. The number of pyridine rings is 1. The maximum atomic E-state index is 13.2. The van der Waals surface area contributed by atoms with Crippen molar-refractivity contribution in [2.75, 3.05) is 6.54 Å². The first-order valence-electron chi connectivity index (χ1n) is 13.3. The van der Waals surface area contributed by atoms with Gasteiger partial charge in [0.05, 0.1) is 11.3 Å². The average molecular weight is 525 g/mol. The molecule has 1 N–H and O–H groups in total. The van der Waals surface area contributed by atoms with Crippen LogP contribution in [0.25, 0.3) is 11.3 Å². The van der Waals surface area contributed by atoms with E-state index in [1.165, 1.54) is 0 Å². The zero-order valence-corrected chi connectivity index (χ0v) is 21.9. The Balaban J connectivity index is 1.68. The van der Waals surface area contributed by atoms with E-state index in [4.69, 9.17) is 0 Å². The lowest BCUT2D eigenvalue weighted by Gasteiger charge is -2.44. The van der Waals surface area contributed by atoms with Gasteiger partial charge in [-0.2, -0.15) is 13.2 Å². The van der Waals surface area contributed by atoms with Crippen LogP contribution >= 0.6 is 0 Å². The number of carboxylic acid groups (broad SMARTS) is 1. The number of hydrogen-bond acceptors (Lipinski definition) is 3. The third kappa shape index (κ3) is 7.01. The molecule has 4 nitrogen and oxygen atoms in total. The number of alkyl halides is 3. The maximum Gasteiger partial charge on any atom is 0.416 e. The number of rotatable bonds is 9.